The summed E-state index contributed by atoms with van der Waals surface area (Å²) in [6.07, 6.45) is 0.514. The molecule has 1 saturated heterocycles. The Morgan fingerprint density at radius 3 is 2.19 bits per heavy atom. The summed E-state index contributed by atoms with van der Waals surface area (Å²) >= 11 is 17.8. The highest BCUT2D eigenvalue weighted by Gasteiger charge is 2.27. The van der Waals surface area contributed by atoms with Crippen LogP contribution in [0.2, 0.25) is 15.1 Å². The molecule has 0 aliphatic carbocycles. The zero-order valence-corrected chi connectivity index (χ0v) is 19.5. The number of carbonyl (C=O) groups is 2. The number of hydrogen-bond donors (Lipinski definition) is 1. The van der Waals surface area contributed by atoms with E-state index < -0.39 is 28.0 Å². The van der Waals surface area contributed by atoms with Gasteiger partial charge in [0.25, 0.3) is 5.91 Å². The molecule has 0 saturated carbocycles. The van der Waals surface area contributed by atoms with Crippen LogP contribution in [0.3, 0.4) is 0 Å². The number of hydrogen-bond acceptors (Lipinski definition) is 5. The molecule has 1 amide bonds. The summed E-state index contributed by atoms with van der Waals surface area (Å²) in [5, 5.41) is 3.14. The Balaban J connectivity index is 1.64. The summed E-state index contributed by atoms with van der Waals surface area (Å²) in [4.78, 5) is 24.8. The number of carbonyl (C=O) groups excluding carboxylic acids is 2. The molecule has 1 aliphatic heterocycles. The average molecular weight is 506 g/mol. The first-order valence-corrected chi connectivity index (χ1v) is 11.9. The smallest absolute Gasteiger partial charge is 0.338 e. The monoisotopic (exact) mass is 504 g/mol. The third kappa shape index (κ3) is 5.51. The van der Waals surface area contributed by atoms with Gasteiger partial charge in [-0.2, -0.15) is 4.31 Å². The molecular formula is C20H19Cl3N2O5S. The molecule has 1 fully saturated rings. The third-order valence-electron chi connectivity index (χ3n) is 4.71. The molecular weight excluding hydrogens is 487 g/mol. The van der Waals surface area contributed by atoms with E-state index >= 15 is 0 Å². The minimum atomic E-state index is -3.58. The molecule has 0 unspecified atom stereocenters. The molecule has 0 spiro atoms. The van der Waals surface area contributed by atoms with Crippen molar-refractivity contribution >= 4 is 62.4 Å². The summed E-state index contributed by atoms with van der Waals surface area (Å²) in [5.41, 5.74) is 0.341. The topological polar surface area (TPSA) is 92.8 Å². The number of benzene rings is 2. The number of ether oxygens (including phenoxy) is 1. The van der Waals surface area contributed by atoms with Gasteiger partial charge in [0.05, 0.1) is 31.2 Å². The Bertz CT molecular complexity index is 1100. The van der Waals surface area contributed by atoms with Crippen molar-refractivity contribution in [2.75, 3.05) is 18.4 Å². The van der Waals surface area contributed by atoms with Crippen molar-refractivity contribution in [1.29, 1.82) is 0 Å². The van der Waals surface area contributed by atoms with Gasteiger partial charge in [0.15, 0.2) is 6.10 Å². The van der Waals surface area contributed by atoms with Gasteiger partial charge in [-0.1, -0.05) is 34.8 Å². The summed E-state index contributed by atoms with van der Waals surface area (Å²) in [5.74, 6) is -1.39. The number of nitrogens with one attached hydrogen (secondary N) is 1. The molecule has 3 rings (SSSR count). The van der Waals surface area contributed by atoms with Gasteiger partial charge in [0.1, 0.15) is 0 Å². The van der Waals surface area contributed by atoms with Crippen molar-refractivity contribution in [2.45, 2.75) is 30.8 Å². The summed E-state index contributed by atoms with van der Waals surface area (Å²) in [6.45, 7) is 2.37. The maximum absolute atomic E-state index is 12.6. The molecule has 2 aromatic carbocycles. The first-order chi connectivity index (χ1) is 14.6. The molecule has 7 nitrogen and oxygen atoms in total. The van der Waals surface area contributed by atoms with E-state index in [0.29, 0.717) is 13.1 Å². The SMILES string of the molecule is C[C@H](OC(=O)c1ccc(S(=O)(=O)N2CCCC2)cc1)C(=O)Nc1cc(Cl)c(Cl)cc1Cl. The first kappa shape index (κ1) is 23.8. The zero-order valence-electron chi connectivity index (χ0n) is 16.4. The van der Waals surface area contributed by atoms with Gasteiger partial charge in [-0.15, -0.1) is 0 Å². The largest absolute Gasteiger partial charge is 0.449 e. The van der Waals surface area contributed by atoms with Gasteiger partial charge in [0, 0.05) is 13.1 Å². The molecule has 1 N–H and O–H groups in total. The quantitative estimate of drug-likeness (QED) is 0.457. The van der Waals surface area contributed by atoms with Crippen molar-refractivity contribution < 1.29 is 22.7 Å². The lowest BCUT2D eigenvalue weighted by molar-refractivity contribution is -0.123. The van der Waals surface area contributed by atoms with Crippen LogP contribution in [0.4, 0.5) is 5.69 Å². The minimum absolute atomic E-state index is 0.103. The van der Waals surface area contributed by atoms with Crippen LogP contribution >= 0.6 is 34.8 Å². The lowest BCUT2D eigenvalue weighted by Gasteiger charge is -2.16. The van der Waals surface area contributed by atoms with E-state index in [1.54, 1.807) is 0 Å². The predicted molar refractivity (Wildman–Crippen MR) is 119 cm³/mol. The minimum Gasteiger partial charge on any atom is -0.449 e. The Kier molecular flexibility index (Phi) is 7.49. The number of sulfonamides is 1. The van der Waals surface area contributed by atoms with Crippen LogP contribution in [0.1, 0.15) is 30.1 Å². The fraction of sp³-hybridized carbons (Fsp3) is 0.300. The number of halogens is 3. The Morgan fingerprint density at radius 1 is 1.00 bits per heavy atom. The number of rotatable bonds is 6. The van der Waals surface area contributed by atoms with Crippen LogP contribution in [0.5, 0.6) is 0 Å². The van der Waals surface area contributed by atoms with Crippen molar-refractivity contribution in [1.82, 2.24) is 4.31 Å². The van der Waals surface area contributed by atoms with E-state index in [1.807, 2.05) is 0 Å². The molecule has 31 heavy (non-hydrogen) atoms. The van der Waals surface area contributed by atoms with E-state index in [1.165, 1.54) is 47.6 Å². The van der Waals surface area contributed by atoms with Gasteiger partial charge < -0.3 is 10.1 Å². The molecule has 1 heterocycles. The number of amides is 1. The lowest BCUT2D eigenvalue weighted by Crippen LogP contribution is -2.30. The van der Waals surface area contributed by atoms with Gasteiger partial charge in [-0.05, 0) is 56.2 Å². The predicted octanol–water partition coefficient (Wildman–Crippen LogP) is 4.62. The highest BCUT2D eigenvalue weighted by molar-refractivity contribution is 7.89. The standard InChI is InChI=1S/C20H19Cl3N2O5S/c1-12(19(26)24-18-11-16(22)15(21)10-17(18)23)30-20(27)13-4-6-14(7-5-13)31(28,29)25-8-2-3-9-25/h4-7,10-12H,2-3,8-9H2,1H3,(H,24,26)/t12-/m0/s1. The van der Waals surface area contributed by atoms with E-state index in [9.17, 15) is 18.0 Å². The van der Waals surface area contributed by atoms with Crippen molar-refractivity contribution in [2.24, 2.45) is 0 Å². The van der Waals surface area contributed by atoms with E-state index in [0.717, 1.165) is 12.8 Å². The molecule has 1 aliphatic rings. The first-order valence-electron chi connectivity index (χ1n) is 9.36. The molecule has 2 aromatic rings. The Hall–Kier alpha value is -1.84. The Morgan fingerprint density at radius 2 is 1.58 bits per heavy atom. The van der Waals surface area contributed by atoms with Gasteiger partial charge in [-0.25, -0.2) is 13.2 Å². The Labute approximate surface area is 195 Å². The zero-order chi connectivity index (χ0) is 22.8. The van der Waals surface area contributed by atoms with Crippen LogP contribution in [0.25, 0.3) is 0 Å². The summed E-state index contributed by atoms with van der Waals surface area (Å²) in [7, 11) is -3.58. The fourth-order valence-corrected chi connectivity index (χ4v) is 5.09. The van der Waals surface area contributed by atoms with Crippen LogP contribution in [-0.2, 0) is 19.6 Å². The maximum Gasteiger partial charge on any atom is 0.338 e. The van der Waals surface area contributed by atoms with Crippen molar-refractivity contribution in [3.05, 3.63) is 57.0 Å². The summed E-state index contributed by atoms with van der Waals surface area (Å²) < 4.78 is 31.7. The summed E-state index contributed by atoms with van der Waals surface area (Å²) in [6, 6.07) is 8.18. The molecule has 11 heteroatoms. The molecule has 0 aromatic heterocycles. The second kappa shape index (κ2) is 9.75. The highest BCUT2D eigenvalue weighted by Crippen LogP contribution is 2.32. The normalized spacial score (nSPS) is 15.5. The van der Waals surface area contributed by atoms with Crippen LogP contribution in [-0.4, -0.2) is 43.8 Å². The molecule has 0 bridgehead atoms. The lowest BCUT2D eigenvalue weighted by atomic mass is 10.2. The van der Waals surface area contributed by atoms with Gasteiger partial charge in [-0.3, -0.25) is 4.79 Å². The number of anilines is 1. The molecule has 166 valence electrons. The van der Waals surface area contributed by atoms with Gasteiger partial charge in [0.2, 0.25) is 10.0 Å². The van der Waals surface area contributed by atoms with Crippen LogP contribution in [0.15, 0.2) is 41.3 Å². The van der Waals surface area contributed by atoms with Gasteiger partial charge >= 0.3 is 5.97 Å². The molecule has 0 radical (unpaired) electrons. The third-order valence-corrected chi connectivity index (χ3v) is 7.66. The van der Waals surface area contributed by atoms with E-state index in [-0.39, 0.29) is 31.2 Å². The number of nitrogens with zero attached hydrogens (tertiary/aromatic N) is 1. The maximum atomic E-state index is 12.6. The number of esters is 1. The van der Waals surface area contributed by atoms with Crippen molar-refractivity contribution in [3.63, 3.8) is 0 Å². The second-order valence-corrected chi connectivity index (χ2v) is 10.1. The average Bonchev–Trinajstić information content (AvgIpc) is 3.27. The highest BCUT2D eigenvalue weighted by atomic mass is 35.5. The van der Waals surface area contributed by atoms with Crippen LogP contribution < -0.4 is 5.32 Å². The second-order valence-electron chi connectivity index (χ2n) is 6.92. The fourth-order valence-electron chi connectivity index (χ4n) is 2.98. The van der Waals surface area contributed by atoms with Crippen molar-refractivity contribution in [3.8, 4) is 0 Å². The molecule has 1 atom stereocenters. The van der Waals surface area contributed by atoms with Crippen LogP contribution in [0, 0.1) is 0 Å². The van der Waals surface area contributed by atoms with E-state index in [4.69, 9.17) is 39.5 Å². The van der Waals surface area contributed by atoms with E-state index in [2.05, 4.69) is 5.32 Å².